The van der Waals surface area contributed by atoms with Gasteiger partial charge in [-0.05, 0) is 25.1 Å². The highest BCUT2D eigenvalue weighted by molar-refractivity contribution is 5.82. The average molecular weight is 205 g/mol. The lowest BCUT2D eigenvalue weighted by molar-refractivity contribution is 0.415. The smallest absolute Gasteiger partial charge is 0.119 e. The normalized spacial score (nSPS) is 13.0. The van der Waals surface area contributed by atoms with Gasteiger partial charge in [-0.1, -0.05) is 0 Å². The molecule has 0 aliphatic carbocycles. The van der Waals surface area contributed by atoms with Crippen molar-refractivity contribution in [2.45, 2.75) is 19.4 Å². The van der Waals surface area contributed by atoms with E-state index >= 15 is 0 Å². The van der Waals surface area contributed by atoms with Crippen molar-refractivity contribution in [1.82, 2.24) is 10.2 Å². The molecule has 1 aromatic heterocycles. The van der Waals surface area contributed by atoms with Gasteiger partial charge in [0.25, 0.3) is 0 Å². The molecule has 4 heteroatoms. The lowest BCUT2D eigenvalue weighted by atomic mass is 10.1. The molecule has 1 unspecified atom stereocenters. The fourth-order valence-electron chi connectivity index (χ4n) is 1.65. The summed E-state index contributed by atoms with van der Waals surface area (Å²) in [6, 6.07) is 5.95. The van der Waals surface area contributed by atoms with E-state index in [9.17, 15) is 0 Å². The van der Waals surface area contributed by atoms with Gasteiger partial charge in [0.1, 0.15) is 5.75 Å². The van der Waals surface area contributed by atoms with Gasteiger partial charge < -0.3 is 10.5 Å². The molecule has 1 heterocycles. The molecule has 2 aromatic rings. The van der Waals surface area contributed by atoms with Crippen LogP contribution in [0.4, 0.5) is 0 Å². The topological polar surface area (TPSA) is 63.9 Å². The fraction of sp³-hybridized carbons (Fsp3) is 0.364. The lowest BCUT2D eigenvalue weighted by Crippen LogP contribution is -2.18. The van der Waals surface area contributed by atoms with Crippen molar-refractivity contribution in [3.63, 3.8) is 0 Å². The molecule has 0 aliphatic rings. The van der Waals surface area contributed by atoms with Gasteiger partial charge in [0, 0.05) is 23.5 Å². The van der Waals surface area contributed by atoms with E-state index in [1.807, 2.05) is 25.1 Å². The highest BCUT2D eigenvalue weighted by atomic mass is 16.5. The van der Waals surface area contributed by atoms with Crippen LogP contribution in [0.25, 0.3) is 10.9 Å². The zero-order valence-corrected chi connectivity index (χ0v) is 8.95. The maximum atomic E-state index is 5.77. The van der Waals surface area contributed by atoms with E-state index in [0.29, 0.717) is 0 Å². The van der Waals surface area contributed by atoms with Gasteiger partial charge in [-0.2, -0.15) is 5.10 Å². The third-order valence-electron chi connectivity index (χ3n) is 2.37. The minimum absolute atomic E-state index is 0.125. The number of hydrogen-bond acceptors (Lipinski definition) is 3. The number of benzene rings is 1. The zero-order chi connectivity index (χ0) is 10.8. The maximum Gasteiger partial charge on any atom is 0.119 e. The fourth-order valence-corrected chi connectivity index (χ4v) is 1.65. The second-order valence-electron chi connectivity index (χ2n) is 3.77. The van der Waals surface area contributed by atoms with Crippen LogP contribution in [0, 0.1) is 0 Å². The lowest BCUT2D eigenvalue weighted by Gasteiger charge is -2.03. The summed E-state index contributed by atoms with van der Waals surface area (Å²) in [5.41, 5.74) is 7.79. The Balaban J connectivity index is 2.46. The van der Waals surface area contributed by atoms with E-state index in [-0.39, 0.29) is 6.04 Å². The molecule has 0 saturated carbocycles. The molecule has 2 rings (SSSR count). The third-order valence-corrected chi connectivity index (χ3v) is 2.37. The summed E-state index contributed by atoms with van der Waals surface area (Å²) in [5.74, 6) is 0.842. The van der Waals surface area contributed by atoms with Crippen LogP contribution in [0.5, 0.6) is 5.75 Å². The number of aromatic amines is 1. The molecule has 0 saturated heterocycles. The van der Waals surface area contributed by atoms with Crippen LogP contribution < -0.4 is 10.5 Å². The van der Waals surface area contributed by atoms with Crippen molar-refractivity contribution < 1.29 is 4.74 Å². The van der Waals surface area contributed by atoms with E-state index in [2.05, 4.69) is 10.2 Å². The number of nitrogens with zero attached hydrogens (tertiary/aromatic N) is 1. The van der Waals surface area contributed by atoms with Gasteiger partial charge in [0.2, 0.25) is 0 Å². The Bertz CT molecular complexity index is 462. The summed E-state index contributed by atoms with van der Waals surface area (Å²) in [7, 11) is 1.66. The Morgan fingerprint density at radius 3 is 3.00 bits per heavy atom. The van der Waals surface area contributed by atoms with Gasteiger partial charge in [-0.15, -0.1) is 0 Å². The number of H-pyrrole nitrogens is 1. The van der Waals surface area contributed by atoms with Crippen molar-refractivity contribution in [2.75, 3.05) is 7.11 Å². The predicted molar refractivity (Wildman–Crippen MR) is 60.0 cm³/mol. The Kier molecular flexibility index (Phi) is 2.60. The summed E-state index contributed by atoms with van der Waals surface area (Å²) >= 11 is 0. The van der Waals surface area contributed by atoms with E-state index in [4.69, 9.17) is 10.5 Å². The first-order chi connectivity index (χ1) is 7.20. The minimum Gasteiger partial charge on any atom is -0.497 e. The van der Waals surface area contributed by atoms with Crippen molar-refractivity contribution in [1.29, 1.82) is 0 Å². The summed E-state index contributed by atoms with van der Waals surface area (Å²) in [6.07, 6.45) is 0.795. The van der Waals surface area contributed by atoms with E-state index in [1.165, 1.54) is 0 Å². The van der Waals surface area contributed by atoms with E-state index < -0.39 is 0 Å². The number of aromatic nitrogens is 2. The van der Waals surface area contributed by atoms with Crippen molar-refractivity contribution in [3.8, 4) is 5.75 Å². The molecule has 0 bridgehead atoms. The minimum atomic E-state index is 0.125. The molecule has 0 spiro atoms. The molecule has 15 heavy (non-hydrogen) atoms. The van der Waals surface area contributed by atoms with Crippen LogP contribution in [0.15, 0.2) is 18.2 Å². The Hall–Kier alpha value is -1.55. The third kappa shape index (κ3) is 1.94. The number of fused-ring (bicyclic) bond motifs is 1. The van der Waals surface area contributed by atoms with Crippen LogP contribution in [0.2, 0.25) is 0 Å². The summed E-state index contributed by atoms with van der Waals surface area (Å²) in [6.45, 7) is 1.98. The first-order valence-corrected chi connectivity index (χ1v) is 4.97. The summed E-state index contributed by atoms with van der Waals surface area (Å²) in [4.78, 5) is 0. The van der Waals surface area contributed by atoms with Gasteiger partial charge in [0.05, 0.1) is 12.6 Å². The quantitative estimate of drug-likeness (QED) is 0.797. The largest absolute Gasteiger partial charge is 0.497 e. The molecule has 0 amide bonds. The van der Waals surface area contributed by atoms with E-state index in [1.54, 1.807) is 7.11 Å². The van der Waals surface area contributed by atoms with Crippen LogP contribution in [-0.2, 0) is 6.42 Å². The van der Waals surface area contributed by atoms with Crippen molar-refractivity contribution in [2.24, 2.45) is 5.73 Å². The molecule has 0 fully saturated rings. The molecule has 1 aromatic carbocycles. The van der Waals surface area contributed by atoms with Crippen LogP contribution >= 0.6 is 0 Å². The number of methoxy groups -OCH3 is 1. The average Bonchev–Trinajstić information content (AvgIpc) is 2.60. The molecule has 4 nitrogen and oxygen atoms in total. The number of nitrogens with one attached hydrogen (secondary N) is 1. The number of nitrogens with two attached hydrogens (primary N) is 1. The van der Waals surface area contributed by atoms with Gasteiger partial charge >= 0.3 is 0 Å². The van der Waals surface area contributed by atoms with Crippen molar-refractivity contribution in [3.05, 3.63) is 23.9 Å². The van der Waals surface area contributed by atoms with Gasteiger partial charge in [-0.25, -0.2) is 0 Å². The molecule has 3 N–H and O–H groups in total. The highest BCUT2D eigenvalue weighted by Gasteiger charge is 2.07. The number of hydrogen-bond donors (Lipinski definition) is 2. The van der Waals surface area contributed by atoms with Crippen molar-refractivity contribution >= 4 is 10.9 Å². The molecule has 1 atom stereocenters. The Morgan fingerprint density at radius 1 is 1.53 bits per heavy atom. The second-order valence-corrected chi connectivity index (χ2v) is 3.77. The molecular formula is C11H15N3O. The van der Waals surface area contributed by atoms with Crippen LogP contribution in [0.1, 0.15) is 12.6 Å². The molecular weight excluding hydrogens is 190 g/mol. The predicted octanol–water partition coefficient (Wildman–Crippen LogP) is 1.46. The second kappa shape index (κ2) is 3.90. The first kappa shape index (κ1) is 9.98. The van der Waals surface area contributed by atoms with Gasteiger partial charge in [0.15, 0.2) is 0 Å². The zero-order valence-electron chi connectivity index (χ0n) is 8.95. The first-order valence-electron chi connectivity index (χ1n) is 4.97. The van der Waals surface area contributed by atoms with Gasteiger partial charge in [-0.3, -0.25) is 5.10 Å². The summed E-state index contributed by atoms with van der Waals surface area (Å²) in [5, 5.41) is 8.31. The highest BCUT2D eigenvalue weighted by Crippen LogP contribution is 2.22. The van der Waals surface area contributed by atoms with Crippen LogP contribution in [-0.4, -0.2) is 23.3 Å². The van der Waals surface area contributed by atoms with Crippen LogP contribution in [0.3, 0.4) is 0 Å². The Labute approximate surface area is 88.4 Å². The Morgan fingerprint density at radius 2 is 2.33 bits per heavy atom. The maximum absolute atomic E-state index is 5.77. The van der Waals surface area contributed by atoms with E-state index in [0.717, 1.165) is 28.8 Å². The number of rotatable bonds is 3. The monoisotopic (exact) mass is 205 g/mol. The molecule has 0 radical (unpaired) electrons. The number of ether oxygens (including phenoxy) is 1. The molecule has 0 aliphatic heterocycles. The molecule has 80 valence electrons. The standard InChI is InChI=1S/C11H15N3O/c1-7(12)5-11-9-6-8(15-2)3-4-10(9)13-14-11/h3-4,6-7H,5,12H2,1-2H3,(H,13,14). The summed E-state index contributed by atoms with van der Waals surface area (Å²) < 4.78 is 5.18. The SMILES string of the molecule is COc1ccc2n[nH]c(CC(C)N)c2c1.